The van der Waals surface area contributed by atoms with Gasteiger partial charge in [-0.05, 0) is 29.3 Å². The molecule has 1 N–H and O–H groups in total. The third-order valence-corrected chi connectivity index (χ3v) is 6.07. The van der Waals surface area contributed by atoms with Crippen molar-refractivity contribution in [2.45, 2.75) is 6.04 Å². The number of carbonyl (C=O) groups excluding carboxylic acids is 1. The molecule has 3 aromatic rings. The lowest BCUT2D eigenvalue weighted by atomic mass is 9.96. The van der Waals surface area contributed by atoms with E-state index < -0.39 is 0 Å². The highest BCUT2D eigenvalue weighted by Crippen LogP contribution is 2.30. The molecule has 1 saturated heterocycles. The maximum absolute atomic E-state index is 12.6. The number of ether oxygens (including phenoxy) is 1. The molecule has 4 rings (SSSR count). The van der Waals surface area contributed by atoms with Crippen molar-refractivity contribution < 1.29 is 9.53 Å². The van der Waals surface area contributed by atoms with Crippen molar-refractivity contribution in [2.75, 3.05) is 32.9 Å². The number of hydrogen-bond acceptors (Lipinski definition) is 3. The minimum Gasteiger partial charge on any atom is -0.472 e. The Balaban J connectivity index is 1.33. The molecule has 0 atom stereocenters. The summed E-state index contributed by atoms with van der Waals surface area (Å²) < 4.78 is 5.57. The largest absolute Gasteiger partial charge is 0.472 e. The van der Waals surface area contributed by atoms with Gasteiger partial charge in [-0.15, -0.1) is 0 Å². The van der Waals surface area contributed by atoms with Gasteiger partial charge in [0.1, 0.15) is 5.75 Å². The van der Waals surface area contributed by atoms with Gasteiger partial charge < -0.3 is 15.0 Å². The second kappa shape index (κ2) is 10.7. The number of benzene rings is 3. The lowest BCUT2D eigenvalue weighted by molar-refractivity contribution is 0.116. The van der Waals surface area contributed by atoms with Crippen LogP contribution in [-0.2, 0) is 0 Å². The normalized spacial score (nSPS) is 14.4. The Bertz CT molecular complexity index is 986. The Kier molecular flexibility index (Phi) is 7.53. The third kappa shape index (κ3) is 5.54. The van der Waals surface area contributed by atoms with Crippen LogP contribution in [0, 0.1) is 0 Å². The first kappa shape index (κ1) is 22.5. The molecular formula is C25H25Cl2N3O2. The molecule has 0 bridgehead atoms. The van der Waals surface area contributed by atoms with Gasteiger partial charge in [0.05, 0.1) is 11.1 Å². The minimum atomic E-state index is -0.147. The number of nitrogens with zero attached hydrogens (tertiary/aromatic N) is 2. The summed E-state index contributed by atoms with van der Waals surface area (Å²) in [5.41, 5.74) is 2.51. The highest BCUT2D eigenvalue weighted by atomic mass is 35.5. The molecular weight excluding hydrogens is 445 g/mol. The molecule has 0 spiro atoms. The van der Waals surface area contributed by atoms with Crippen LogP contribution in [0.3, 0.4) is 0 Å². The number of hydrogen-bond donors (Lipinski definition) is 1. The highest BCUT2D eigenvalue weighted by molar-refractivity contribution is 6.35. The highest BCUT2D eigenvalue weighted by Gasteiger charge is 2.28. The molecule has 32 heavy (non-hydrogen) atoms. The molecule has 0 unspecified atom stereocenters. The van der Waals surface area contributed by atoms with Gasteiger partial charge in [-0.3, -0.25) is 4.90 Å². The van der Waals surface area contributed by atoms with Crippen LogP contribution in [0.1, 0.15) is 17.2 Å². The average Bonchev–Trinajstić information content (AvgIpc) is 2.82. The number of halogens is 2. The number of nitrogens with one attached hydrogen (secondary N) is 1. The van der Waals surface area contributed by atoms with Crippen LogP contribution >= 0.6 is 23.2 Å². The number of piperazine rings is 1. The van der Waals surface area contributed by atoms with Crippen molar-refractivity contribution in [3.63, 3.8) is 0 Å². The first-order valence-electron chi connectivity index (χ1n) is 10.6. The molecule has 1 aliphatic rings. The van der Waals surface area contributed by atoms with E-state index in [4.69, 9.17) is 27.9 Å². The number of urea groups is 1. The van der Waals surface area contributed by atoms with Crippen molar-refractivity contribution in [3.8, 4) is 5.75 Å². The van der Waals surface area contributed by atoms with E-state index in [0.717, 1.165) is 13.1 Å². The Morgan fingerprint density at radius 2 is 1.47 bits per heavy atom. The molecule has 0 aliphatic carbocycles. The fraction of sp³-hybridized carbons (Fsp3) is 0.240. The van der Waals surface area contributed by atoms with E-state index in [1.807, 2.05) is 17.0 Å². The smallest absolute Gasteiger partial charge is 0.320 e. The topological polar surface area (TPSA) is 44.8 Å². The summed E-state index contributed by atoms with van der Waals surface area (Å²) in [5.74, 6) is 0.481. The predicted molar refractivity (Wildman–Crippen MR) is 128 cm³/mol. The first-order valence-corrected chi connectivity index (χ1v) is 11.3. The Morgan fingerprint density at radius 1 is 0.875 bits per heavy atom. The van der Waals surface area contributed by atoms with E-state index in [1.54, 1.807) is 18.2 Å². The van der Waals surface area contributed by atoms with Crippen LogP contribution in [0.25, 0.3) is 0 Å². The average molecular weight is 470 g/mol. The molecule has 0 saturated carbocycles. The van der Waals surface area contributed by atoms with Gasteiger partial charge >= 0.3 is 6.03 Å². The number of carbonyl (C=O) groups is 1. The zero-order valence-electron chi connectivity index (χ0n) is 17.6. The van der Waals surface area contributed by atoms with Gasteiger partial charge in [-0.1, -0.05) is 83.9 Å². The maximum atomic E-state index is 12.6. The lowest BCUT2D eigenvalue weighted by Gasteiger charge is -2.39. The Labute approximate surface area is 198 Å². The lowest BCUT2D eigenvalue weighted by Crippen LogP contribution is -2.53. The zero-order valence-corrected chi connectivity index (χ0v) is 19.1. The van der Waals surface area contributed by atoms with Crippen molar-refractivity contribution in [3.05, 3.63) is 100 Å². The first-order chi connectivity index (χ1) is 15.6. The zero-order chi connectivity index (χ0) is 22.3. The maximum Gasteiger partial charge on any atom is 0.320 e. The fourth-order valence-corrected chi connectivity index (χ4v) is 4.41. The van der Waals surface area contributed by atoms with E-state index >= 15 is 0 Å². The van der Waals surface area contributed by atoms with Gasteiger partial charge in [0.2, 0.25) is 0 Å². The number of amides is 2. The van der Waals surface area contributed by atoms with E-state index in [0.29, 0.717) is 28.9 Å². The molecule has 0 radical (unpaired) electrons. The fourth-order valence-electron chi connectivity index (χ4n) is 3.95. The molecule has 166 valence electrons. The van der Waals surface area contributed by atoms with Crippen molar-refractivity contribution in [2.24, 2.45) is 0 Å². The second-order valence-corrected chi connectivity index (χ2v) is 8.44. The van der Waals surface area contributed by atoms with Crippen molar-refractivity contribution in [1.29, 1.82) is 0 Å². The van der Waals surface area contributed by atoms with Crippen molar-refractivity contribution in [1.82, 2.24) is 15.1 Å². The van der Waals surface area contributed by atoms with E-state index in [1.165, 1.54) is 11.1 Å². The molecule has 2 amide bonds. The molecule has 1 heterocycles. The molecule has 1 aliphatic heterocycles. The molecule has 7 heteroatoms. The van der Waals surface area contributed by atoms with Crippen molar-refractivity contribution >= 4 is 29.2 Å². The van der Waals surface area contributed by atoms with E-state index in [2.05, 4.69) is 58.7 Å². The minimum absolute atomic E-state index is 0.0387. The summed E-state index contributed by atoms with van der Waals surface area (Å²) in [6, 6.07) is 26.0. The van der Waals surface area contributed by atoms with Crippen LogP contribution in [0.4, 0.5) is 4.79 Å². The van der Waals surface area contributed by atoms with Gasteiger partial charge in [0.25, 0.3) is 0 Å². The molecule has 3 aromatic carbocycles. The number of rotatable bonds is 6. The SMILES string of the molecule is O=C(NCOc1ccc(Cl)cc1Cl)N1CCN(C(c2ccccc2)c2ccccc2)CC1. The molecule has 0 aromatic heterocycles. The van der Waals surface area contributed by atoms with Gasteiger partial charge in [-0.2, -0.15) is 0 Å². The van der Waals surface area contributed by atoms with E-state index in [9.17, 15) is 4.79 Å². The van der Waals surface area contributed by atoms with Crippen LogP contribution in [0.5, 0.6) is 5.75 Å². The van der Waals surface area contributed by atoms with Gasteiger partial charge in [-0.25, -0.2) is 4.79 Å². The molecule has 1 fully saturated rings. The van der Waals surface area contributed by atoms with Crippen LogP contribution in [0.2, 0.25) is 10.0 Å². The van der Waals surface area contributed by atoms with Gasteiger partial charge in [0.15, 0.2) is 6.73 Å². The Morgan fingerprint density at radius 3 is 2.03 bits per heavy atom. The summed E-state index contributed by atoms with van der Waals surface area (Å²) in [4.78, 5) is 16.9. The molecule has 5 nitrogen and oxygen atoms in total. The van der Waals surface area contributed by atoms with Crippen LogP contribution in [-0.4, -0.2) is 48.7 Å². The summed E-state index contributed by atoms with van der Waals surface area (Å²) in [7, 11) is 0. The second-order valence-electron chi connectivity index (χ2n) is 7.59. The predicted octanol–water partition coefficient (Wildman–Crippen LogP) is 5.45. The summed E-state index contributed by atoms with van der Waals surface area (Å²) in [6.07, 6.45) is 0. The quantitative estimate of drug-likeness (QED) is 0.488. The summed E-state index contributed by atoms with van der Waals surface area (Å²) in [5, 5.41) is 3.75. The summed E-state index contributed by atoms with van der Waals surface area (Å²) >= 11 is 12.0. The van der Waals surface area contributed by atoms with Crippen LogP contribution < -0.4 is 10.1 Å². The van der Waals surface area contributed by atoms with Gasteiger partial charge in [0, 0.05) is 31.2 Å². The van der Waals surface area contributed by atoms with E-state index in [-0.39, 0.29) is 18.8 Å². The monoisotopic (exact) mass is 469 g/mol. The summed E-state index contributed by atoms with van der Waals surface area (Å²) in [6.45, 7) is 2.89. The Hall–Kier alpha value is -2.73. The third-order valence-electron chi connectivity index (χ3n) is 5.54. The van der Waals surface area contributed by atoms with Crippen LogP contribution in [0.15, 0.2) is 78.9 Å². The standard InChI is InChI=1S/C25H25Cl2N3O2/c26-21-11-12-23(22(27)17-21)32-18-28-25(31)30-15-13-29(14-16-30)24(19-7-3-1-4-8-19)20-9-5-2-6-10-20/h1-12,17,24H,13-16,18H2,(H,28,31).